The Hall–Kier alpha value is -2.18. The van der Waals surface area contributed by atoms with Crippen molar-refractivity contribution in [2.75, 3.05) is 39.3 Å². The maximum absolute atomic E-state index is 13.9. The van der Waals surface area contributed by atoms with E-state index in [1.54, 1.807) is 30.3 Å². The zero-order chi connectivity index (χ0) is 17.9. The van der Waals surface area contributed by atoms with Crippen molar-refractivity contribution in [2.45, 2.75) is 18.9 Å². The van der Waals surface area contributed by atoms with Crippen LogP contribution in [0, 0.1) is 5.82 Å². The van der Waals surface area contributed by atoms with Crippen molar-refractivity contribution in [2.24, 2.45) is 0 Å². The molecular weight excluding hydrogens is 335 g/mol. The minimum atomic E-state index is -0.354. The fourth-order valence-electron chi connectivity index (χ4n) is 3.77. The van der Waals surface area contributed by atoms with Crippen molar-refractivity contribution in [1.29, 1.82) is 0 Å². The molecule has 6 heteroatoms. The summed E-state index contributed by atoms with van der Waals surface area (Å²) in [6, 6.07) is 9.70. The lowest BCUT2D eigenvalue weighted by Crippen LogP contribution is -3.15. The Morgan fingerprint density at radius 2 is 2.00 bits per heavy atom. The van der Waals surface area contributed by atoms with Gasteiger partial charge in [0, 0.05) is 6.61 Å². The third-order valence-electron chi connectivity index (χ3n) is 5.25. The van der Waals surface area contributed by atoms with Crippen LogP contribution >= 0.6 is 0 Å². The molecule has 1 N–H and O–H groups in total. The Morgan fingerprint density at radius 3 is 2.73 bits per heavy atom. The van der Waals surface area contributed by atoms with Crippen LogP contribution in [0.25, 0.3) is 11.3 Å². The normalized spacial score (nSPS) is 21.3. The van der Waals surface area contributed by atoms with Gasteiger partial charge in [0.1, 0.15) is 24.2 Å². The summed E-state index contributed by atoms with van der Waals surface area (Å²) in [5, 5.41) is 0. The van der Waals surface area contributed by atoms with Crippen LogP contribution in [-0.2, 0) is 4.74 Å². The van der Waals surface area contributed by atoms with Crippen LogP contribution in [0.5, 0.6) is 0 Å². The Balaban J connectivity index is 1.36. The number of quaternary nitrogens is 1. The van der Waals surface area contributed by atoms with Gasteiger partial charge >= 0.3 is 0 Å². The molecule has 1 aromatic carbocycles. The zero-order valence-electron chi connectivity index (χ0n) is 14.7. The van der Waals surface area contributed by atoms with Crippen LogP contribution in [0.2, 0.25) is 0 Å². The maximum atomic E-state index is 13.9. The van der Waals surface area contributed by atoms with E-state index in [0.717, 1.165) is 39.1 Å². The van der Waals surface area contributed by atoms with Gasteiger partial charge in [-0.3, -0.25) is 4.79 Å². The Kier molecular flexibility index (Phi) is 5.04. The number of nitrogens with zero attached hydrogens (tertiary/aromatic N) is 1. The largest absolute Gasteiger partial charge is 0.451 e. The molecular formula is C20H24FN2O3+. The van der Waals surface area contributed by atoms with Crippen molar-refractivity contribution < 1.29 is 23.2 Å². The van der Waals surface area contributed by atoms with Gasteiger partial charge in [-0.1, -0.05) is 12.1 Å². The van der Waals surface area contributed by atoms with Gasteiger partial charge < -0.3 is 19.0 Å². The summed E-state index contributed by atoms with van der Waals surface area (Å²) >= 11 is 0. The van der Waals surface area contributed by atoms with E-state index in [1.165, 1.54) is 11.0 Å². The Morgan fingerprint density at radius 1 is 1.19 bits per heavy atom. The summed E-state index contributed by atoms with van der Waals surface area (Å²) in [4.78, 5) is 16.0. The third-order valence-corrected chi connectivity index (χ3v) is 5.25. The summed E-state index contributed by atoms with van der Waals surface area (Å²) in [5.74, 6) is 0.177. The molecule has 26 heavy (non-hydrogen) atoms. The molecule has 1 atom stereocenters. The molecule has 2 aromatic rings. The number of carbonyl (C=O) groups is 1. The standard InChI is InChI=1S/C20H23FN2O3/c21-17-6-2-1-5-16(17)18-7-8-19(26-18)20(24)23-11-9-22(10-12-23)14-15-4-3-13-25-15/h1-2,5-8,15H,3-4,9-14H2/p+1/t15-/m1/s1. The number of furan rings is 1. The van der Waals surface area contributed by atoms with Crippen LogP contribution in [0.4, 0.5) is 4.39 Å². The summed E-state index contributed by atoms with van der Waals surface area (Å²) in [6.45, 7) is 5.16. The van der Waals surface area contributed by atoms with Gasteiger partial charge in [0.2, 0.25) is 0 Å². The van der Waals surface area contributed by atoms with Gasteiger partial charge in [0.05, 0.1) is 31.7 Å². The van der Waals surface area contributed by atoms with E-state index < -0.39 is 0 Å². The smallest absolute Gasteiger partial charge is 0.289 e. The van der Waals surface area contributed by atoms with Crippen molar-refractivity contribution in [3.05, 3.63) is 48.0 Å². The molecule has 3 heterocycles. The van der Waals surface area contributed by atoms with Crippen molar-refractivity contribution in [3.8, 4) is 11.3 Å². The van der Waals surface area contributed by atoms with Gasteiger partial charge in [-0.25, -0.2) is 4.39 Å². The molecule has 0 radical (unpaired) electrons. The molecule has 4 rings (SSSR count). The second-order valence-corrected chi connectivity index (χ2v) is 7.03. The van der Waals surface area contributed by atoms with Gasteiger partial charge in [-0.2, -0.15) is 0 Å². The first-order valence-electron chi connectivity index (χ1n) is 9.30. The number of amides is 1. The predicted octanol–water partition coefficient (Wildman–Crippen LogP) is 1.61. The number of carbonyl (C=O) groups excluding carboxylic acids is 1. The molecule has 5 nitrogen and oxygen atoms in total. The van der Waals surface area contributed by atoms with Crippen LogP contribution in [0.15, 0.2) is 40.8 Å². The molecule has 0 spiro atoms. The van der Waals surface area contributed by atoms with Gasteiger partial charge in [-0.05, 0) is 37.1 Å². The number of ether oxygens (including phenoxy) is 1. The lowest BCUT2D eigenvalue weighted by molar-refractivity contribution is -0.906. The number of hydrogen-bond acceptors (Lipinski definition) is 3. The molecule has 0 bridgehead atoms. The SMILES string of the molecule is O=C(c1ccc(-c2ccccc2F)o1)N1CC[NH+](C[C@H]2CCCO2)CC1. The molecule has 2 saturated heterocycles. The number of halogens is 1. The number of rotatable bonds is 4. The van der Waals surface area contributed by atoms with E-state index in [2.05, 4.69) is 0 Å². The topological polar surface area (TPSA) is 47.1 Å². The third kappa shape index (κ3) is 3.66. The Labute approximate surface area is 152 Å². The van der Waals surface area contributed by atoms with Crippen LogP contribution in [-0.4, -0.2) is 56.2 Å². The van der Waals surface area contributed by atoms with E-state index in [1.807, 2.05) is 4.90 Å². The minimum Gasteiger partial charge on any atom is -0.451 e. The van der Waals surface area contributed by atoms with Crippen LogP contribution in [0.3, 0.4) is 0 Å². The fourth-order valence-corrected chi connectivity index (χ4v) is 3.77. The van der Waals surface area contributed by atoms with Gasteiger partial charge in [-0.15, -0.1) is 0 Å². The zero-order valence-corrected chi connectivity index (χ0v) is 14.7. The quantitative estimate of drug-likeness (QED) is 0.902. The van der Waals surface area contributed by atoms with Gasteiger partial charge in [0.25, 0.3) is 5.91 Å². The molecule has 2 aliphatic heterocycles. The van der Waals surface area contributed by atoms with Crippen molar-refractivity contribution in [3.63, 3.8) is 0 Å². The lowest BCUT2D eigenvalue weighted by atomic mass is 10.1. The second kappa shape index (κ2) is 7.60. The van der Waals surface area contributed by atoms with Crippen LogP contribution in [0.1, 0.15) is 23.4 Å². The average Bonchev–Trinajstić information content (AvgIpc) is 3.34. The highest BCUT2D eigenvalue weighted by molar-refractivity contribution is 5.92. The van der Waals surface area contributed by atoms with E-state index in [0.29, 0.717) is 30.5 Å². The number of nitrogens with one attached hydrogen (secondary N) is 1. The molecule has 1 amide bonds. The first-order chi connectivity index (χ1) is 12.7. The minimum absolute atomic E-state index is 0.122. The predicted molar refractivity (Wildman–Crippen MR) is 94.5 cm³/mol. The number of piperazine rings is 1. The van der Waals surface area contributed by atoms with Crippen molar-refractivity contribution in [1.82, 2.24) is 4.90 Å². The van der Waals surface area contributed by atoms with E-state index in [9.17, 15) is 9.18 Å². The maximum Gasteiger partial charge on any atom is 0.289 e. The Bertz CT molecular complexity index is 762. The highest BCUT2D eigenvalue weighted by Gasteiger charge is 2.29. The van der Waals surface area contributed by atoms with Crippen molar-refractivity contribution >= 4 is 5.91 Å². The average molecular weight is 359 g/mol. The molecule has 138 valence electrons. The number of hydrogen-bond donors (Lipinski definition) is 1. The van der Waals surface area contributed by atoms with Gasteiger partial charge in [0.15, 0.2) is 5.76 Å². The first kappa shape index (κ1) is 17.2. The fraction of sp³-hybridized carbons (Fsp3) is 0.450. The monoisotopic (exact) mass is 359 g/mol. The van der Waals surface area contributed by atoms with E-state index >= 15 is 0 Å². The molecule has 0 saturated carbocycles. The summed E-state index contributed by atoms with van der Waals surface area (Å²) in [5.41, 5.74) is 0.373. The molecule has 0 unspecified atom stereocenters. The summed E-state index contributed by atoms with van der Waals surface area (Å²) in [6.07, 6.45) is 2.68. The molecule has 2 fully saturated rings. The van der Waals surface area contributed by atoms with Crippen LogP contribution < -0.4 is 4.90 Å². The summed E-state index contributed by atoms with van der Waals surface area (Å²) < 4.78 is 25.2. The lowest BCUT2D eigenvalue weighted by Gasteiger charge is -2.32. The highest BCUT2D eigenvalue weighted by Crippen LogP contribution is 2.25. The summed E-state index contributed by atoms with van der Waals surface area (Å²) in [7, 11) is 0. The highest BCUT2D eigenvalue weighted by atomic mass is 19.1. The first-order valence-corrected chi connectivity index (χ1v) is 9.30. The van der Waals surface area contributed by atoms with E-state index in [-0.39, 0.29) is 17.5 Å². The van der Waals surface area contributed by atoms with E-state index in [4.69, 9.17) is 9.15 Å². The number of benzene rings is 1. The molecule has 0 aliphatic carbocycles. The molecule has 2 aliphatic rings. The molecule has 1 aromatic heterocycles. The second-order valence-electron chi connectivity index (χ2n) is 7.03.